The number of hydrogen-bond acceptors (Lipinski definition) is 1. The lowest BCUT2D eigenvalue weighted by atomic mass is 9.89. The van der Waals surface area contributed by atoms with E-state index < -0.39 is 0 Å². The van der Waals surface area contributed by atoms with Crippen molar-refractivity contribution in [2.24, 2.45) is 5.92 Å². The van der Waals surface area contributed by atoms with Crippen LogP contribution in [0.2, 0.25) is 0 Å². The molecule has 1 atom stereocenters. The summed E-state index contributed by atoms with van der Waals surface area (Å²) < 4.78 is 0. The summed E-state index contributed by atoms with van der Waals surface area (Å²) in [4.78, 5) is 11.6. The van der Waals surface area contributed by atoms with E-state index in [2.05, 4.69) is 37.2 Å². The number of amides is 1. The largest absolute Gasteiger partial charge is 0.355 e. The molecule has 1 N–H and O–H groups in total. The quantitative estimate of drug-likeness (QED) is 0.765. The maximum absolute atomic E-state index is 11.6. The van der Waals surface area contributed by atoms with Crippen LogP contribution in [0.25, 0.3) is 0 Å². The van der Waals surface area contributed by atoms with Crippen molar-refractivity contribution in [1.29, 1.82) is 0 Å². The number of carbonyl (C=O) groups is 1. The first-order valence-electron chi connectivity index (χ1n) is 5.71. The normalized spacial score (nSPS) is 19.9. The first-order chi connectivity index (χ1) is 7.24. The van der Waals surface area contributed by atoms with Gasteiger partial charge < -0.3 is 5.32 Å². The Balaban J connectivity index is 2.14. The Morgan fingerprint density at radius 3 is 2.60 bits per heavy atom. The van der Waals surface area contributed by atoms with Crippen molar-refractivity contribution < 1.29 is 4.79 Å². The van der Waals surface area contributed by atoms with Gasteiger partial charge in [-0.25, -0.2) is 0 Å². The van der Waals surface area contributed by atoms with E-state index in [1.165, 1.54) is 32.1 Å². The van der Waals surface area contributed by atoms with E-state index in [0.29, 0.717) is 5.92 Å². The Bertz CT molecular complexity index is 193. The van der Waals surface area contributed by atoms with Crippen molar-refractivity contribution in [3.8, 4) is 0 Å². The van der Waals surface area contributed by atoms with Crippen LogP contribution in [0.4, 0.5) is 0 Å². The van der Waals surface area contributed by atoms with Crippen LogP contribution in [0.5, 0.6) is 0 Å². The fourth-order valence-electron chi connectivity index (χ4n) is 1.97. The zero-order valence-corrected chi connectivity index (χ0v) is 12.1. The maximum Gasteiger partial charge on any atom is 0.233 e. The van der Waals surface area contributed by atoms with Gasteiger partial charge in [-0.3, -0.25) is 4.79 Å². The minimum absolute atomic E-state index is 0.0412. The monoisotopic (exact) mass is 339 g/mol. The SMILES string of the molecule is O=C(NCC1CCCCC1)C(Br)CCBr. The summed E-state index contributed by atoms with van der Waals surface area (Å²) in [6.07, 6.45) is 7.45. The molecular weight excluding hydrogens is 322 g/mol. The second-order valence-electron chi connectivity index (χ2n) is 4.19. The van der Waals surface area contributed by atoms with Crippen LogP contribution in [0.1, 0.15) is 38.5 Å². The van der Waals surface area contributed by atoms with Crippen LogP contribution in [0.15, 0.2) is 0 Å². The average molecular weight is 341 g/mol. The molecule has 0 aromatic heterocycles. The summed E-state index contributed by atoms with van der Waals surface area (Å²) in [5.74, 6) is 0.853. The molecule has 1 saturated carbocycles. The number of nitrogens with one attached hydrogen (secondary N) is 1. The van der Waals surface area contributed by atoms with Gasteiger partial charge in [0.25, 0.3) is 0 Å². The summed E-state index contributed by atoms with van der Waals surface area (Å²) >= 11 is 6.72. The topological polar surface area (TPSA) is 29.1 Å². The molecule has 0 aliphatic heterocycles. The summed E-state index contributed by atoms with van der Waals surface area (Å²) in [7, 11) is 0. The van der Waals surface area contributed by atoms with Gasteiger partial charge in [-0.15, -0.1) is 0 Å². The van der Waals surface area contributed by atoms with Crippen LogP contribution in [-0.2, 0) is 4.79 Å². The number of halogens is 2. The highest BCUT2D eigenvalue weighted by molar-refractivity contribution is 9.10. The minimum atomic E-state index is -0.0412. The van der Waals surface area contributed by atoms with Crippen LogP contribution in [0.3, 0.4) is 0 Å². The van der Waals surface area contributed by atoms with Gasteiger partial charge in [-0.05, 0) is 25.2 Å². The van der Waals surface area contributed by atoms with Crippen molar-refractivity contribution in [3.63, 3.8) is 0 Å². The Labute approximate surface area is 109 Å². The highest BCUT2D eigenvalue weighted by Gasteiger charge is 2.17. The molecule has 0 bridgehead atoms. The van der Waals surface area contributed by atoms with Gasteiger partial charge in [0.1, 0.15) is 0 Å². The number of rotatable bonds is 5. The van der Waals surface area contributed by atoms with E-state index >= 15 is 0 Å². The lowest BCUT2D eigenvalue weighted by Crippen LogP contribution is -2.35. The average Bonchev–Trinajstić information content (AvgIpc) is 2.27. The Kier molecular flexibility index (Phi) is 6.89. The van der Waals surface area contributed by atoms with Crippen molar-refractivity contribution in [1.82, 2.24) is 5.32 Å². The number of alkyl halides is 2. The van der Waals surface area contributed by atoms with Crippen molar-refractivity contribution in [3.05, 3.63) is 0 Å². The molecule has 1 aliphatic rings. The molecule has 4 heteroatoms. The Morgan fingerprint density at radius 1 is 1.33 bits per heavy atom. The van der Waals surface area contributed by atoms with Gasteiger partial charge in [0.2, 0.25) is 5.91 Å². The summed E-state index contributed by atoms with van der Waals surface area (Å²) in [5.41, 5.74) is 0. The van der Waals surface area contributed by atoms with Crippen LogP contribution >= 0.6 is 31.9 Å². The molecule has 88 valence electrons. The molecule has 0 heterocycles. The standard InChI is InChI=1S/C11H19Br2NO/c12-7-6-10(13)11(15)14-8-9-4-2-1-3-5-9/h9-10H,1-8H2,(H,14,15). The first-order valence-corrected chi connectivity index (χ1v) is 7.75. The fourth-order valence-corrected chi connectivity index (χ4v) is 3.44. The predicted octanol–water partition coefficient (Wildman–Crippen LogP) is 3.23. The predicted molar refractivity (Wildman–Crippen MR) is 70.7 cm³/mol. The van der Waals surface area contributed by atoms with Crippen LogP contribution < -0.4 is 5.32 Å². The first kappa shape index (κ1) is 13.5. The van der Waals surface area contributed by atoms with E-state index in [-0.39, 0.29) is 10.7 Å². The second-order valence-corrected chi connectivity index (χ2v) is 6.09. The highest BCUT2D eigenvalue weighted by Crippen LogP contribution is 2.22. The molecule has 0 saturated heterocycles. The van der Waals surface area contributed by atoms with E-state index in [1.54, 1.807) is 0 Å². The van der Waals surface area contributed by atoms with Crippen LogP contribution in [0, 0.1) is 5.92 Å². The second kappa shape index (κ2) is 7.66. The van der Waals surface area contributed by atoms with E-state index in [4.69, 9.17) is 0 Å². The highest BCUT2D eigenvalue weighted by atomic mass is 79.9. The zero-order chi connectivity index (χ0) is 11.1. The van der Waals surface area contributed by atoms with Gasteiger partial charge in [0.05, 0.1) is 4.83 Å². The summed E-state index contributed by atoms with van der Waals surface area (Å²) in [5, 5.41) is 3.89. The molecule has 1 amide bonds. The summed E-state index contributed by atoms with van der Waals surface area (Å²) in [6, 6.07) is 0. The van der Waals surface area contributed by atoms with Crippen molar-refractivity contribution in [2.75, 3.05) is 11.9 Å². The lowest BCUT2D eigenvalue weighted by Gasteiger charge is -2.22. The smallest absolute Gasteiger partial charge is 0.233 e. The van der Waals surface area contributed by atoms with Gasteiger partial charge in [-0.2, -0.15) is 0 Å². The molecule has 1 unspecified atom stereocenters. The molecule has 1 fully saturated rings. The molecule has 15 heavy (non-hydrogen) atoms. The van der Waals surface area contributed by atoms with Crippen molar-refractivity contribution in [2.45, 2.75) is 43.4 Å². The van der Waals surface area contributed by atoms with Gasteiger partial charge >= 0.3 is 0 Å². The minimum Gasteiger partial charge on any atom is -0.355 e. The third kappa shape index (κ3) is 5.34. The third-order valence-electron chi connectivity index (χ3n) is 2.94. The molecule has 1 aliphatic carbocycles. The molecule has 0 radical (unpaired) electrons. The summed E-state index contributed by atoms with van der Waals surface area (Å²) in [6.45, 7) is 0.864. The lowest BCUT2D eigenvalue weighted by molar-refractivity contribution is -0.120. The number of carbonyl (C=O) groups excluding carboxylic acids is 1. The molecular formula is C11H19Br2NO. The van der Waals surface area contributed by atoms with E-state index in [0.717, 1.165) is 18.3 Å². The van der Waals surface area contributed by atoms with Crippen molar-refractivity contribution >= 4 is 37.8 Å². The maximum atomic E-state index is 11.6. The third-order valence-corrected chi connectivity index (χ3v) is 4.27. The molecule has 2 nitrogen and oxygen atoms in total. The van der Waals surface area contributed by atoms with Crippen LogP contribution in [-0.4, -0.2) is 22.6 Å². The zero-order valence-electron chi connectivity index (χ0n) is 8.98. The molecule has 0 spiro atoms. The molecule has 1 rings (SSSR count). The fraction of sp³-hybridized carbons (Fsp3) is 0.909. The molecule has 0 aromatic rings. The van der Waals surface area contributed by atoms with E-state index in [9.17, 15) is 4.79 Å². The van der Waals surface area contributed by atoms with E-state index in [1.807, 2.05) is 0 Å². The Morgan fingerprint density at radius 2 is 2.00 bits per heavy atom. The molecule has 0 aromatic carbocycles. The van der Waals surface area contributed by atoms with Gasteiger partial charge in [0, 0.05) is 11.9 Å². The Hall–Kier alpha value is 0.430. The van der Waals surface area contributed by atoms with Gasteiger partial charge in [-0.1, -0.05) is 51.1 Å². The van der Waals surface area contributed by atoms with Gasteiger partial charge in [0.15, 0.2) is 0 Å². The number of hydrogen-bond donors (Lipinski definition) is 1.